The lowest BCUT2D eigenvalue weighted by atomic mass is 9.98. The topological polar surface area (TPSA) is 66.8 Å². The number of ether oxygens (including phenoxy) is 1. The molecule has 0 saturated carbocycles. The first-order chi connectivity index (χ1) is 11.5. The van der Waals surface area contributed by atoms with Gasteiger partial charge < -0.3 is 9.84 Å². The molecule has 0 radical (unpaired) electrons. The normalized spacial score (nSPS) is 21.5. The van der Waals surface area contributed by atoms with Gasteiger partial charge in [0.1, 0.15) is 11.9 Å². The number of hydrogen-bond donors (Lipinski definition) is 1. The first kappa shape index (κ1) is 18.5. The van der Waals surface area contributed by atoms with E-state index in [1.807, 2.05) is 6.26 Å². The Bertz CT molecular complexity index is 649. The highest BCUT2D eigenvalue weighted by molar-refractivity contribution is 7.99. The number of carbonyl (C=O) groups excluding carboxylic acids is 1. The monoisotopic (exact) mass is 353 g/mol. The van der Waals surface area contributed by atoms with Crippen molar-refractivity contribution in [3.05, 3.63) is 47.3 Å². The van der Waals surface area contributed by atoms with E-state index < -0.39 is 23.8 Å². The SMILES string of the molecule is COC(=O)C(c1ccccc1F)N1CC[C@H](SC)/C(=C/C(=O)O)C1. The number of piperidine rings is 1. The van der Waals surface area contributed by atoms with Crippen LogP contribution in [0.4, 0.5) is 4.39 Å². The zero-order valence-electron chi connectivity index (χ0n) is 13.6. The predicted octanol–water partition coefficient (Wildman–Crippen LogP) is 2.49. The van der Waals surface area contributed by atoms with Crippen LogP contribution in [0.3, 0.4) is 0 Å². The molecule has 1 saturated heterocycles. The molecule has 0 amide bonds. The fourth-order valence-electron chi connectivity index (χ4n) is 2.95. The highest BCUT2D eigenvalue weighted by Crippen LogP contribution is 2.33. The third-order valence-corrected chi connectivity index (χ3v) is 5.17. The molecule has 2 rings (SSSR count). The average molecular weight is 353 g/mol. The Hall–Kier alpha value is -1.86. The van der Waals surface area contributed by atoms with Crippen molar-refractivity contribution >= 4 is 23.7 Å². The number of rotatable bonds is 5. The minimum absolute atomic E-state index is 0.0799. The quantitative estimate of drug-likeness (QED) is 0.648. The molecule has 1 N–H and O–H groups in total. The lowest BCUT2D eigenvalue weighted by Gasteiger charge is -2.37. The van der Waals surface area contributed by atoms with Gasteiger partial charge in [0, 0.05) is 30.0 Å². The molecule has 1 heterocycles. The number of carboxylic acid groups (broad SMARTS) is 1. The summed E-state index contributed by atoms with van der Waals surface area (Å²) in [5, 5.41) is 9.14. The zero-order chi connectivity index (χ0) is 17.7. The Kier molecular flexibility index (Phi) is 6.39. The van der Waals surface area contributed by atoms with Crippen LogP contribution in [0.15, 0.2) is 35.9 Å². The number of benzene rings is 1. The molecule has 0 aromatic heterocycles. The van der Waals surface area contributed by atoms with Gasteiger partial charge in [-0.3, -0.25) is 4.90 Å². The van der Waals surface area contributed by atoms with E-state index >= 15 is 0 Å². The summed E-state index contributed by atoms with van der Waals surface area (Å²) < 4.78 is 19.1. The van der Waals surface area contributed by atoms with Gasteiger partial charge in [0.25, 0.3) is 0 Å². The van der Waals surface area contributed by atoms with Crippen LogP contribution in [0, 0.1) is 5.82 Å². The van der Waals surface area contributed by atoms with Gasteiger partial charge in [0.2, 0.25) is 0 Å². The van der Waals surface area contributed by atoms with Crippen LogP contribution in [0.2, 0.25) is 0 Å². The summed E-state index contributed by atoms with van der Waals surface area (Å²) in [5.41, 5.74) is 0.952. The van der Waals surface area contributed by atoms with E-state index in [9.17, 15) is 14.0 Å². The third-order valence-electron chi connectivity index (χ3n) is 4.06. The minimum Gasteiger partial charge on any atom is -0.478 e. The van der Waals surface area contributed by atoms with Gasteiger partial charge in [-0.15, -0.1) is 0 Å². The molecule has 1 aliphatic heterocycles. The van der Waals surface area contributed by atoms with E-state index in [0.717, 1.165) is 0 Å². The van der Waals surface area contributed by atoms with Crippen LogP contribution < -0.4 is 0 Å². The minimum atomic E-state index is -1.02. The van der Waals surface area contributed by atoms with Crippen molar-refractivity contribution in [3.8, 4) is 0 Å². The largest absolute Gasteiger partial charge is 0.478 e. The second-order valence-corrected chi connectivity index (χ2v) is 6.53. The van der Waals surface area contributed by atoms with Crippen LogP contribution >= 0.6 is 11.8 Å². The molecule has 2 atom stereocenters. The number of halogens is 1. The number of carboxylic acids is 1. The van der Waals surface area contributed by atoms with Crippen LogP contribution in [0.5, 0.6) is 0 Å². The van der Waals surface area contributed by atoms with E-state index in [-0.39, 0.29) is 17.4 Å². The maximum absolute atomic E-state index is 14.2. The van der Waals surface area contributed by atoms with E-state index in [4.69, 9.17) is 9.84 Å². The number of hydrogen-bond acceptors (Lipinski definition) is 5. The summed E-state index contributed by atoms with van der Waals surface area (Å²) in [6.07, 6.45) is 3.79. The molecular formula is C17H20FNO4S. The molecule has 1 aromatic carbocycles. The number of thioether (sulfide) groups is 1. The van der Waals surface area contributed by atoms with Crippen LogP contribution in [-0.4, -0.2) is 53.7 Å². The first-order valence-corrected chi connectivity index (χ1v) is 8.79. The second-order valence-electron chi connectivity index (χ2n) is 5.49. The van der Waals surface area contributed by atoms with Crippen molar-refractivity contribution in [1.29, 1.82) is 0 Å². The smallest absolute Gasteiger partial charge is 0.328 e. The molecule has 7 heteroatoms. The Morgan fingerprint density at radius 2 is 2.17 bits per heavy atom. The number of carbonyl (C=O) groups is 2. The van der Waals surface area contributed by atoms with E-state index in [2.05, 4.69) is 0 Å². The second kappa shape index (κ2) is 8.30. The highest BCUT2D eigenvalue weighted by Gasteiger charge is 2.35. The number of esters is 1. The molecule has 0 aliphatic carbocycles. The fourth-order valence-corrected chi connectivity index (χ4v) is 3.74. The summed E-state index contributed by atoms with van der Waals surface area (Å²) in [6, 6.07) is 5.18. The van der Waals surface area contributed by atoms with E-state index in [1.165, 1.54) is 19.3 Å². The molecule has 1 fully saturated rings. The molecular weight excluding hydrogens is 333 g/mol. The number of methoxy groups -OCH3 is 1. The van der Waals surface area contributed by atoms with Crippen LogP contribution in [0.25, 0.3) is 0 Å². The molecule has 130 valence electrons. The fraction of sp³-hybridized carbons (Fsp3) is 0.412. The number of nitrogens with zero attached hydrogens (tertiary/aromatic N) is 1. The van der Waals surface area contributed by atoms with Crippen molar-refractivity contribution in [2.75, 3.05) is 26.5 Å². The molecule has 24 heavy (non-hydrogen) atoms. The van der Waals surface area contributed by atoms with Crippen LogP contribution in [0.1, 0.15) is 18.0 Å². The van der Waals surface area contributed by atoms with Gasteiger partial charge in [-0.1, -0.05) is 18.2 Å². The molecule has 5 nitrogen and oxygen atoms in total. The molecule has 1 aliphatic rings. The lowest BCUT2D eigenvalue weighted by Crippen LogP contribution is -2.43. The summed E-state index contributed by atoms with van der Waals surface area (Å²) in [7, 11) is 1.26. The van der Waals surface area contributed by atoms with Gasteiger partial charge in [0.05, 0.1) is 7.11 Å². The van der Waals surface area contributed by atoms with Gasteiger partial charge in [-0.25, -0.2) is 14.0 Å². The Balaban J connectivity index is 2.36. The van der Waals surface area contributed by atoms with Gasteiger partial charge >= 0.3 is 11.9 Å². The summed E-state index contributed by atoms with van der Waals surface area (Å²) in [6.45, 7) is 0.836. The van der Waals surface area contributed by atoms with Crippen LogP contribution in [-0.2, 0) is 14.3 Å². The summed E-state index contributed by atoms with van der Waals surface area (Å²) in [5.74, 6) is -2.06. The van der Waals surface area contributed by atoms with Gasteiger partial charge in [-0.2, -0.15) is 11.8 Å². The number of likely N-dealkylation sites (tertiary alicyclic amines) is 1. The first-order valence-electron chi connectivity index (χ1n) is 7.50. The highest BCUT2D eigenvalue weighted by atomic mass is 32.2. The summed E-state index contributed by atoms with van der Waals surface area (Å²) in [4.78, 5) is 25.1. The molecule has 1 aromatic rings. The van der Waals surface area contributed by atoms with E-state index in [0.29, 0.717) is 18.5 Å². The standard InChI is InChI=1S/C17H20FNO4S/c1-23-17(22)16(12-5-3-4-6-13(12)18)19-8-7-14(24-2)11(10-19)9-15(20)21/h3-6,9,14,16H,7-8,10H2,1-2H3,(H,20,21)/b11-9+/t14-,16?/m0/s1. The Morgan fingerprint density at radius 3 is 2.75 bits per heavy atom. The Labute approximate surface area is 144 Å². The van der Waals surface area contributed by atoms with Crippen molar-refractivity contribution in [3.63, 3.8) is 0 Å². The predicted molar refractivity (Wildman–Crippen MR) is 90.4 cm³/mol. The number of aliphatic carboxylic acids is 1. The van der Waals surface area contributed by atoms with Gasteiger partial charge in [-0.05, 0) is 24.3 Å². The zero-order valence-corrected chi connectivity index (χ0v) is 14.4. The molecule has 1 unspecified atom stereocenters. The van der Waals surface area contributed by atoms with Crippen molar-refractivity contribution in [2.45, 2.75) is 17.7 Å². The maximum Gasteiger partial charge on any atom is 0.328 e. The average Bonchev–Trinajstić information content (AvgIpc) is 2.56. The maximum atomic E-state index is 14.2. The Morgan fingerprint density at radius 1 is 1.46 bits per heavy atom. The molecule has 0 bridgehead atoms. The van der Waals surface area contributed by atoms with Crippen molar-refractivity contribution in [1.82, 2.24) is 4.90 Å². The third kappa shape index (κ3) is 4.15. The van der Waals surface area contributed by atoms with Crippen molar-refractivity contribution < 1.29 is 23.8 Å². The molecule has 0 spiro atoms. The van der Waals surface area contributed by atoms with E-state index in [1.54, 1.807) is 34.9 Å². The van der Waals surface area contributed by atoms with Gasteiger partial charge in [0.15, 0.2) is 0 Å². The summed E-state index contributed by atoms with van der Waals surface area (Å²) >= 11 is 1.57. The van der Waals surface area contributed by atoms with Crippen molar-refractivity contribution in [2.24, 2.45) is 0 Å². The lowest BCUT2D eigenvalue weighted by molar-refractivity contribution is -0.147.